The van der Waals surface area contributed by atoms with Gasteiger partial charge < -0.3 is 0 Å². The van der Waals surface area contributed by atoms with Crippen LogP contribution in [0.2, 0.25) is 10.0 Å². The van der Waals surface area contributed by atoms with Gasteiger partial charge in [-0.25, -0.2) is 4.39 Å². The van der Waals surface area contributed by atoms with Crippen molar-refractivity contribution in [1.29, 1.82) is 0 Å². The molecule has 120 valence electrons. The lowest BCUT2D eigenvalue weighted by molar-refractivity contribution is -0.200. The highest BCUT2D eigenvalue weighted by atomic mass is 79.9. The van der Waals surface area contributed by atoms with Crippen molar-refractivity contribution < 1.29 is 30.7 Å². The molecule has 1 rings (SSSR count). The van der Waals surface area contributed by atoms with Crippen LogP contribution in [0.4, 0.5) is 30.7 Å². The van der Waals surface area contributed by atoms with Crippen LogP contribution in [0.1, 0.15) is 17.9 Å². The number of rotatable bonds is 3. The van der Waals surface area contributed by atoms with Crippen LogP contribution in [0.5, 0.6) is 0 Å². The average Bonchev–Trinajstić information content (AvgIpc) is 2.29. The minimum Gasteiger partial charge on any atom is -0.237 e. The molecule has 0 saturated heterocycles. The van der Waals surface area contributed by atoms with Gasteiger partial charge in [0.2, 0.25) is 0 Å². The zero-order valence-electron chi connectivity index (χ0n) is 9.80. The summed E-state index contributed by atoms with van der Waals surface area (Å²) in [6, 6.07) is 1.61. The standard InChI is InChI=1S/C11H6BrCl2F7/c12-9-6(13)1-4(2-7(9)14)5(10(16,17)18)3-8(15)11(19,20)21/h1-2,5,8H,3H2. The molecule has 1 aromatic carbocycles. The molecule has 0 heterocycles. The molecule has 2 unspecified atom stereocenters. The molecule has 0 bridgehead atoms. The lowest BCUT2D eigenvalue weighted by Crippen LogP contribution is -2.31. The van der Waals surface area contributed by atoms with E-state index in [0.717, 1.165) is 12.1 Å². The summed E-state index contributed by atoms with van der Waals surface area (Å²) < 4.78 is 88.1. The second-order valence-corrected chi connectivity index (χ2v) is 5.74. The van der Waals surface area contributed by atoms with E-state index in [4.69, 9.17) is 23.2 Å². The highest BCUT2D eigenvalue weighted by Crippen LogP contribution is 2.44. The molecule has 1 aromatic rings. The van der Waals surface area contributed by atoms with E-state index in [2.05, 4.69) is 15.9 Å². The Hall–Kier alpha value is -0.210. The zero-order valence-corrected chi connectivity index (χ0v) is 12.9. The fraction of sp³-hybridized carbons (Fsp3) is 0.455. The highest BCUT2D eigenvalue weighted by molar-refractivity contribution is 9.10. The zero-order chi connectivity index (χ0) is 16.6. The fourth-order valence-electron chi connectivity index (χ4n) is 1.58. The van der Waals surface area contributed by atoms with Crippen molar-refractivity contribution in [2.75, 3.05) is 0 Å². The molecule has 2 atom stereocenters. The molecule has 0 fully saturated rings. The van der Waals surface area contributed by atoms with E-state index in [9.17, 15) is 30.7 Å². The van der Waals surface area contributed by atoms with Gasteiger partial charge in [0.05, 0.1) is 20.4 Å². The Kier molecular flexibility index (Phi) is 5.83. The Morgan fingerprint density at radius 2 is 1.38 bits per heavy atom. The summed E-state index contributed by atoms with van der Waals surface area (Å²) in [6.45, 7) is 0. The topological polar surface area (TPSA) is 0 Å². The Morgan fingerprint density at radius 1 is 0.952 bits per heavy atom. The first-order chi connectivity index (χ1) is 9.34. The minimum atomic E-state index is -5.37. The fourth-order valence-corrected chi connectivity index (χ4v) is 2.31. The number of halogens is 10. The van der Waals surface area contributed by atoms with Gasteiger partial charge in [0.1, 0.15) is 0 Å². The first kappa shape index (κ1) is 18.8. The van der Waals surface area contributed by atoms with E-state index in [0.29, 0.717) is 0 Å². The minimum absolute atomic E-state index is 0.100. The summed E-state index contributed by atoms with van der Waals surface area (Å²) in [6.07, 6.45) is -15.8. The number of hydrogen-bond donors (Lipinski definition) is 0. The van der Waals surface area contributed by atoms with Crippen LogP contribution in [0.15, 0.2) is 16.6 Å². The van der Waals surface area contributed by atoms with Crippen molar-refractivity contribution in [2.45, 2.75) is 30.9 Å². The SMILES string of the molecule is FC(CC(c1cc(Cl)c(Br)c(Cl)c1)C(F)(F)F)C(F)(F)F. The van der Waals surface area contributed by atoms with E-state index < -0.39 is 36.4 Å². The predicted octanol–water partition coefficient (Wildman–Crippen LogP) is 6.69. The molecule has 0 radical (unpaired) electrons. The first-order valence-corrected chi connectivity index (χ1v) is 6.81. The molecule has 0 spiro atoms. The van der Waals surface area contributed by atoms with E-state index in [1.807, 2.05) is 0 Å². The lowest BCUT2D eigenvalue weighted by Gasteiger charge is -2.24. The molecule has 0 aliphatic rings. The summed E-state index contributed by atoms with van der Waals surface area (Å²) in [5, 5.41) is -0.427. The molecule has 0 saturated carbocycles. The molecule has 0 nitrogen and oxygen atoms in total. The van der Waals surface area contributed by atoms with Crippen molar-refractivity contribution in [3.63, 3.8) is 0 Å². The van der Waals surface area contributed by atoms with Gasteiger partial charge in [-0.2, -0.15) is 26.3 Å². The van der Waals surface area contributed by atoms with Gasteiger partial charge in [0.25, 0.3) is 0 Å². The molecular weight excluding hydrogens is 416 g/mol. The van der Waals surface area contributed by atoms with E-state index in [1.54, 1.807) is 0 Å². The van der Waals surface area contributed by atoms with E-state index >= 15 is 0 Å². The van der Waals surface area contributed by atoms with Crippen LogP contribution in [-0.4, -0.2) is 18.5 Å². The molecule has 0 aliphatic heterocycles. The van der Waals surface area contributed by atoms with Gasteiger partial charge in [-0.1, -0.05) is 23.2 Å². The molecule has 0 aromatic heterocycles. The Morgan fingerprint density at radius 3 is 1.71 bits per heavy atom. The molecule has 10 heteroatoms. The average molecular weight is 422 g/mol. The third-order valence-corrected chi connectivity index (χ3v) is 4.51. The maximum atomic E-state index is 13.0. The van der Waals surface area contributed by atoms with Crippen LogP contribution in [0, 0.1) is 0 Å². The Labute approximate surface area is 133 Å². The number of hydrogen-bond acceptors (Lipinski definition) is 0. The third-order valence-electron chi connectivity index (χ3n) is 2.60. The number of benzene rings is 1. The monoisotopic (exact) mass is 420 g/mol. The summed E-state index contributed by atoms with van der Waals surface area (Å²) >= 11 is 14.1. The van der Waals surface area contributed by atoms with Crippen LogP contribution in [0.25, 0.3) is 0 Å². The largest absolute Gasteiger partial charge is 0.419 e. The second-order valence-electron chi connectivity index (χ2n) is 4.14. The van der Waals surface area contributed by atoms with Gasteiger partial charge in [0.15, 0.2) is 6.17 Å². The first-order valence-electron chi connectivity index (χ1n) is 5.26. The second kappa shape index (κ2) is 6.50. The summed E-state index contributed by atoms with van der Waals surface area (Å²) in [4.78, 5) is 0. The van der Waals surface area contributed by atoms with Crippen LogP contribution >= 0.6 is 39.1 Å². The maximum absolute atomic E-state index is 13.0. The van der Waals surface area contributed by atoms with Gasteiger partial charge >= 0.3 is 12.4 Å². The normalized spacial score (nSPS) is 15.9. The van der Waals surface area contributed by atoms with E-state index in [1.165, 1.54) is 0 Å². The van der Waals surface area contributed by atoms with Crippen molar-refractivity contribution in [3.05, 3.63) is 32.2 Å². The van der Waals surface area contributed by atoms with Crippen LogP contribution in [0.3, 0.4) is 0 Å². The predicted molar refractivity (Wildman–Crippen MR) is 68.5 cm³/mol. The molecule has 0 aliphatic carbocycles. The number of alkyl halides is 7. The van der Waals surface area contributed by atoms with Crippen LogP contribution in [-0.2, 0) is 0 Å². The summed E-state index contributed by atoms with van der Waals surface area (Å²) in [7, 11) is 0. The smallest absolute Gasteiger partial charge is 0.237 e. The molecule has 0 amide bonds. The molecule has 0 N–H and O–H groups in total. The quantitative estimate of drug-likeness (QED) is 0.376. The Balaban J connectivity index is 3.22. The maximum Gasteiger partial charge on any atom is 0.419 e. The van der Waals surface area contributed by atoms with Crippen molar-refractivity contribution in [3.8, 4) is 0 Å². The third kappa shape index (κ3) is 4.89. The van der Waals surface area contributed by atoms with Crippen molar-refractivity contribution in [2.24, 2.45) is 0 Å². The van der Waals surface area contributed by atoms with Crippen molar-refractivity contribution >= 4 is 39.1 Å². The molecular formula is C11H6BrCl2F7. The van der Waals surface area contributed by atoms with Crippen LogP contribution < -0.4 is 0 Å². The van der Waals surface area contributed by atoms with E-state index in [-0.39, 0.29) is 14.5 Å². The van der Waals surface area contributed by atoms with Gasteiger partial charge in [-0.3, -0.25) is 0 Å². The van der Waals surface area contributed by atoms with Crippen molar-refractivity contribution in [1.82, 2.24) is 0 Å². The van der Waals surface area contributed by atoms with Gasteiger partial charge in [-0.15, -0.1) is 0 Å². The van der Waals surface area contributed by atoms with Gasteiger partial charge in [0, 0.05) is 6.42 Å². The highest BCUT2D eigenvalue weighted by Gasteiger charge is 2.49. The van der Waals surface area contributed by atoms with Gasteiger partial charge in [-0.05, 0) is 33.6 Å². The summed E-state index contributed by atoms with van der Waals surface area (Å²) in [5.74, 6) is -2.67. The Bertz CT molecular complexity index is 489. The summed E-state index contributed by atoms with van der Waals surface area (Å²) in [5.41, 5.74) is -0.632. The molecule has 21 heavy (non-hydrogen) atoms. The lowest BCUT2D eigenvalue weighted by atomic mass is 9.92.